The van der Waals surface area contributed by atoms with E-state index in [0.717, 1.165) is 43.4 Å². The van der Waals surface area contributed by atoms with Crippen molar-refractivity contribution in [1.29, 1.82) is 0 Å². The van der Waals surface area contributed by atoms with Crippen molar-refractivity contribution in [2.45, 2.75) is 19.3 Å². The molecule has 1 saturated heterocycles. The fourth-order valence-electron chi connectivity index (χ4n) is 2.59. The predicted molar refractivity (Wildman–Crippen MR) is 81.4 cm³/mol. The normalized spacial score (nSPS) is 16.7. The standard InChI is InChI=1S/C15H23N3O3/c1-15(2,11-17-7-9-21-10-8-17)12-3-5-13(6-4-12)18(16)14(19)20/h3-6H,7-11,16H2,1-2H3,(H,19,20). The van der Waals surface area contributed by atoms with Crippen LogP contribution in [0, 0.1) is 0 Å². The second-order valence-electron chi connectivity index (χ2n) is 5.97. The molecule has 1 aliphatic heterocycles. The van der Waals surface area contributed by atoms with E-state index in [1.54, 1.807) is 12.1 Å². The third-order valence-electron chi connectivity index (χ3n) is 3.86. The first-order valence-corrected chi connectivity index (χ1v) is 7.08. The smallest absolute Gasteiger partial charge is 0.426 e. The highest BCUT2D eigenvalue weighted by atomic mass is 16.5. The van der Waals surface area contributed by atoms with Crippen LogP contribution in [0.1, 0.15) is 19.4 Å². The molecule has 0 radical (unpaired) electrons. The number of carboxylic acid groups (broad SMARTS) is 1. The number of anilines is 1. The highest BCUT2D eigenvalue weighted by Gasteiger charge is 2.25. The summed E-state index contributed by atoms with van der Waals surface area (Å²) in [6.45, 7) is 8.81. The van der Waals surface area contributed by atoms with E-state index < -0.39 is 6.09 Å². The van der Waals surface area contributed by atoms with Gasteiger partial charge in [0.25, 0.3) is 0 Å². The molecule has 116 valence electrons. The van der Waals surface area contributed by atoms with E-state index in [-0.39, 0.29) is 5.41 Å². The van der Waals surface area contributed by atoms with Crippen molar-refractivity contribution in [1.82, 2.24) is 4.90 Å². The summed E-state index contributed by atoms with van der Waals surface area (Å²) in [7, 11) is 0. The molecule has 1 aromatic carbocycles. The van der Waals surface area contributed by atoms with Crippen molar-refractivity contribution in [3.05, 3.63) is 29.8 Å². The van der Waals surface area contributed by atoms with Crippen LogP contribution in [0.25, 0.3) is 0 Å². The molecule has 0 saturated carbocycles. The van der Waals surface area contributed by atoms with Gasteiger partial charge in [-0.2, -0.15) is 0 Å². The fourth-order valence-corrected chi connectivity index (χ4v) is 2.59. The highest BCUT2D eigenvalue weighted by molar-refractivity contribution is 5.84. The first kappa shape index (κ1) is 15.8. The quantitative estimate of drug-likeness (QED) is 0.501. The minimum absolute atomic E-state index is 0.0154. The van der Waals surface area contributed by atoms with Gasteiger partial charge in [-0.3, -0.25) is 4.90 Å². The van der Waals surface area contributed by atoms with Crippen LogP contribution < -0.4 is 10.9 Å². The molecular formula is C15H23N3O3. The van der Waals surface area contributed by atoms with Crippen molar-refractivity contribution in [2.24, 2.45) is 5.84 Å². The van der Waals surface area contributed by atoms with Crippen molar-refractivity contribution < 1.29 is 14.6 Å². The lowest BCUT2D eigenvalue weighted by molar-refractivity contribution is 0.0295. The summed E-state index contributed by atoms with van der Waals surface area (Å²) in [4.78, 5) is 13.2. The molecular weight excluding hydrogens is 270 g/mol. The van der Waals surface area contributed by atoms with Crippen LogP contribution in [0.2, 0.25) is 0 Å². The number of rotatable bonds is 4. The van der Waals surface area contributed by atoms with Crippen molar-refractivity contribution in [3.63, 3.8) is 0 Å². The SMILES string of the molecule is CC(C)(CN1CCOCC1)c1ccc(N(N)C(=O)O)cc1. The number of hydrogen-bond donors (Lipinski definition) is 2. The zero-order valence-corrected chi connectivity index (χ0v) is 12.6. The van der Waals surface area contributed by atoms with Crippen LogP contribution in [-0.2, 0) is 10.2 Å². The lowest BCUT2D eigenvalue weighted by Crippen LogP contribution is -2.43. The van der Waals surface area contributed by atoms with E-state index in [1.165, 1.54) is 0 Å². The number of morpholine rings is 1. The largest absolute Gasteiger partial charge is 0.464 e. The maximum atomic E-state index is 10.8. The van der Waals surface area contributed by atoms with E-state index in [4.69, 9.17) is 15.7 Å². The number of nitrogens with two attached hydrogens (primary N) is 1. The van der Waals surface area contributed by atoms with Crippen molar-refractivity contribution in [3.8, 4) is 0 Å². The number of hydrogen-bond acceptors (Lipinski definition) is 4. The zero-order chi connectivity index (χ0) is 15.5. The summed E-state index contributed by atoms with van der Waals surface area (Å²) in [6, 6.07) is 7.37. The third kappa shape index (κ3) is 3.93. The van der Waals surface area contributed by atoms with Crippen molar-refractivity contribution in [2.75, 3.05) is 37.9 Å². The number of carbonyl (C=O) groups is 1. The van der Waals surface area contributed by atoms with Gasteiger partial charge in [-0.15, -0.1) is 0 Å². The molecule has 3 N–H and O–H groups in total. The number of benzene rings is 1. The Hall–Kier alpha value is -1.63. The molecule has 6 nitrogen and oxygen atoms in total. The van der Waals surface area contributed by atoms with Crippen LogP contribution in [0.5, 0.6) is 0 Å². The van der Waals surface area contributed by atoms with E-state index in [1.807, 2.05) is 12.1 Å². The molecule has 1 amide bonds. The second kappa shape index (κ2) is 6.43. The van der Waals surface area contributed by atoms with Gasteiger partial charge in [0.15, 0.2) is 0 Å². The number of hydrazine groups is 1. The molecule has 0 bridgehead atoms. The molecule has 1 heterocycles. The molecule has 1 aromatic rings. The fraction of sp³-hybridized carbons (Fsp3) is 0.533. The van der Waals surface area contributed by atoms with Gasteiger partial charge in [0.1, 0.15) is 0 Å². The van der Waals surface area contributed by atoms with Gasteiger partial charge in [0.2, 0.25) is 0 Å². The minimum Gasteiger partial charge on any atom is -0.464 e. The molecule has 0 aliphatic carbocycles. The molecule has 21 heavy (non-hydrogen) atoms. The van der Waals surface area contributed by atoms with Crippen LogP contribution in [0.15, 0.2) is 24.3 Å². The first-order valence-electron chi connectivity index (χ1n) is 7.08. The highest BCUT2D eigenvalue weighted by Crippen LogP contribution is 2.26. The molecule has 1 aliphatic rings. The summed E-state index contributed by atoms with van der Waals surface area (Å²) >= 11 is 0. The third-order valence-corrected chi connectivity index (χ3v) is 3.86. The van der Waals surface area contributed by atoms with E-state index in [0.29, 0.717) is 5.69 Å². The van der Waals surface area contributed by atoms with Gasteiger partial charge < -0.3 is 9.84 Å². The van der Waals surface area contributed by atoms with Crippen LogP contribution in [0.4, 0.5) is 10.5 Å². The maximum Gasteiger partial charge on any atom is 0.426 e. The Bertz CT molecular complexity index is 481. The molecule has 0 aromatic heterocycles. The van der Waals surface area contributed by atoms with Gasteiger partial charge in [0.05, 0.1) is 18.9 Å². The van der Waals surface area contributed by atoms with Crippen LogP contribution in [-0.4, -0.2) is 48.9 Å². The van der Waals surface area contributed by atoms with Gasteiger partial charge >= 0.3 is 6.09 Å². The zero-order valence-electron chi connectivity index (χ0n) is 12.6. The summed E-state index contributed by atoms with van der Waals surface area (Å²) in [6.07, 6.45) is -1.17. The van der Waals surface area contributed by atoms with Gasteiger partial charge in [-0.05, 0) is 17.7 Å². The summed E-state index contributed by atoms with van der Waals surface area (Å²) in [5.74, 6) is 5.46. The predicted octanol–water partition coefficient (Wildman–Crippen LogP) is 1.65. The Balaban J connectivity index is 2.07. The Labute approximate surface area is 125 Å². The lowest BCUT2D eigenvalue weighted by Gasteiger charge is -2.35. The second-order valence-corrected chi connectivity index (χ2v) is 5.97. The van der Waals surface area contributed by atoms with Gasteiger partial charge in [-0.25, -0.2) is 15.6 Å². The molecule has 0 spiro atoms. The Morgan fingerprint density at radius 1 is 1.33 bits per heavy atom. The van der Waals surface area contributed by atoms with E-state index in [9.17, 15) is 4.79 Å². The molecule has 0 unspecified atom stereocenters. The average Bonchev–Trinajstić information content (AvgIpc) is 2.47. The Morgan fingerprint density at radius 3 is 2.43 bits per heavy atom. The lowest BCUT2D eigenvalue weighted by atomic mass is 9.84. The maximum absolute atomic E-state index is 10.8. The van der Waals surface area contributed by atoms with E-state index >= 15 is 0 Å². The monoisotopic (exact) mass is 293 g/mol. The summed E-state index contributed by atoms with van der Waals surface area (Å²) < 4.78 is 5.37. The number of amides is 1. The van der Waals surface area contributed by atoms with Crippen LogP contribution >= 0.6 is 0 Å². The minimum atomic E-state index is -1.17. The summed E-state index contributed by atoms with van der Waals surface area (Å²) in [5, 5.41) is 9.58. The molecule has 0 atom stereocenters. The van der Waals surface area contributed by atoms with E-state index in [2.05, 4.69) is 18.7 Å². The summed E-state index contributed by atoms with van der Waals surface area (Å²) in [5.41, 5.74) is 1.61. The Morgan fingerprint density at radius 2 is 1.90 bits per heavy atom. The topological polar surface area (TPSA) is 79.0 Å². The van der Waals surface area contributed by atoms with Gasteiger partial charge in [-0.1, -0.05) is 26.0 Å². The molecule has 6 heteroatoms. The first-order chi connectivity index (χ1) is 9.90. The van der Waals surface area contributed by atoms with Crippen LogP contribution in [0.3, 0.4) is 0 Å². The number of nitrogens with zero attached hydrogens (tertiary/aromatic N) is 2. The Kier molecular flexibility index (Phi) is 4.82. The molecule has 2 rings (SSSR count). The van der Waals surface area contributed by atoms with Gasteiger partial charge in [0, 0.05) is 25.0 Å². The van der Waals surface area contributed by atoms with Crippen molar-refractivity contribution >= 4 is 11.8 Å². The molecule has 1 fully saturated rings. The average molecular weight is 293 g/mol. The number of ether oxygens (including phenoxy) is 1.